The molecule has 244 valence electrons. The van der Waals surface area contributed by atoms with Crippen molar-refractivity contribution in [2.75, 3.05) is 18.0 Å². The van der Waals surface area contributed by atoms with Crippen LogP contribution in [0.5, 0.6) is 0 Å². The van der Waals surface area contributed by atoms with Gasteiger partial charge in [-0.15, -0.1) is 0 Å². The van der Waals surface area contributed by atoms with Crippen molar-refractivity contribution in [1.29, 1.82) is 0 Å². The third-order valence-corrected chi connectivity index (χ3v) is 10.6. The van der Waals surface area contributed by atoms with Crippen LogP contribution in [0.2, 0.25) is 10.0 Å². The number of carboxylic acids is 1. The zero-order valence-electron chi connectivity index (χ0n) is 25.0. The monoisotopic (exact) mass is 697 g/mol. The number of hydrogen-bond donors (Lipinski definition) is 2. The summed E-state index contributed by atoms with van der Waals surface area (Å²) in [5, 5.41) is 11.8. The second-order valence-electron chi connectivity index (χ2n) is 11.5. The number of halogens is 2. The first kappa shape index (κ1) is 32.6. The van der Waals surface area contributed by atoms with E-state index in [2.05, 4.69) is 20.3 Å². The largest absolute Gasteiger partial charge is 0.481 e. The standard InChI is InChI=1S/C31H29Cl2N7O6S/c1-31(14-19-4-6-20(7-5-19)21-15-34-18-35-16-21)29(44)39(24-12-22(32)11-23(33)13-24)30-37-17-26(40(30)31)47(45,46)38-10-2-3-25(38)28(43)36-9-8-27(41)42/h4-7,11-13,15-18,25H,2-3,8-10,14H2,1H3,(H,36,43)(H,41,42). The summed E-state index contributed by atoms with van der Waals surface area (Å²) >= 11 is 12.6. The van der Waals surface area contributed by atoms with Gasteiger partial charge in [-0.3, -0.25) is 19.0 Å². The Hall–Kier alpha value is -4.37. The maximum atomic E-state index is 14.4. The molecule has 2 aliphatic heterocycles. The molecule has 2 aromatic carbocycles. The lowest BCUT2D eigenvalue weighted by molar-refractivity contribution is -0.137. The number of fused-ring (bicyclic) bond motifs is 1. The average Bonchev–Trinajstić information content (AvgIpc) is 3.75. The van der Waals surface area contributed by atoms with E-state index in [4.69, 9.17) is 28.3 Å². The van der Waals surface area contributed by atoms with Crippen LogP contribution in [0.25, 0.3) is 11.1 Å². The smallest absolute Gasteiger partial charge is 0.305 e. The fourth-order valence-electron chi connectivity index (χ4n) is 6.09. The summed E-state index contributed by atoms with van der Waals surface area (Å²) in [5.74, 6) is -2.09. The Balaban J connectivity index is 1.41. The van der Waals surface area contributed by atoms with Crippen LogP contribution in [-0.4, -0.2) is 74.3 Å². The van der Waals surface area contributed by atoms with Crippen LogP contribution in [0.4, 0.5) is 11.6 Å². The van der Waals surface area contributed by atoms with Crippen LogP contribution in [0.3, 0.4) is 0 Å². The lowest BCUT2D eigenvalue weighted by Crippen LogP contribution is -2.47. The number of carboxylic acid groups (broad SMARTS) is 1. The minimum absolute atomic E-state index is 0.0501. The molecular weight excluding hydrogens is 669 g/mol. The van der Waals surface area contributed by atoms with Gasteiger partial charge in [0.2, 0.25) is 11.9 Å². The van der Waals surface area contributed by atoms with Gasteiger partial charge >= 0.3 is 5.97 Å². The number of rotatable bonds is 10. The van der Waals surface area contributed by atoms with E-state index in [1.807, 2.05) is 24.3 Å². The summed E-state index contributed by atoms with van der Waals surface area (Å²) in [4.78, 5) is 52.2. The second kappa shape index (κ2) is 12.7. The summed E-state index contributed by atoms with van der Waals surface area (Å²) < 4.78 is 31.2. The van der Waals surface area contributed by atoms with Crippen LogP contribution in [0.15, 0.2) is 72.4 Å². The van der Waals surface area contributed by atoms with E-state index in [0.29, 0.717) is 12.1 Å². The third-order valence-electron chi connectivity index (χ3n) is 8.29. The maximum absolute atomic E-state index is 14.4. The number of imidazole rings is 1. The van der Waals surface area contributed by atoms with Crippen molar-refractivity contribution >= 4 is 62.6 Å². The van der Waals surface area contributed by atoms with Crippen LogP contribution >= 0.6 is 23.2 Å². The molecule has 0 aliphatic carbocycles. The van der Waals surface area contributed by atoms with Crippen molar-refractivity contribution in [3.8, 4) is 11.1 Å². The molecule has 2 aromatic heterocycles. The molecule has 2 aliphatic rings. The Kier molecular flexibility index (Phi) is 8.78. The minimum Gasteiger partial charge on any atom is -0.481 e. The molecule has 0 spiro atoms. The molecule has 4 aromatic rings. The minimum atomic E-state index is -4.40. The summed E-state index contributed by atoms with van der Waals surface area (Å²) in [6, 6.07) is 11.0. The first-order valence-electron chi connectivity index (χ1n) is 14.6. The molecule has 2 N–H and O–H groups in total. The fourth-order valence-corrected chi connectivity index (χ4v) is 8.46. The van der Waals surface area contributed by atoms with Crippen molar-refractivity contribution < 1.29 is 27.9 Å². The number of sulfonamides is 1. The molecule has 2 amide bonds. The second-order valence-corrected chi connectivity index (χ2v) is 14.2. The molecule has 6 rings (SSSR count). The van der Waals surface area contributed by atoms with E-state index >= 15 is 0 Å². The van der Waals surface area contributed by atoms with Gasteiger partial charge in [0, 0.05) is 47.5 Å². The number of benzene rings is 2. The van der Waals surface area contributed by atoms with Gasteiger partial charge < -0.3 is 10.4 Å². The van der Waals surface area contributed by atoms with Crippen LogP contribution in [-0.2, 0) is 36.4 Å². The molecule has 13 nitrogen and oxygen atoms in total. The molecule has 1 fully saturated rings. The number of aliphatic carboxylic acids is 1. The number of carbonyl (C=O) groups excluding carboxylic acids is 2. The van der Waals surface area contributed by atoms with Gasteiger partial charge in [-0.2, -0.15) is 4.31 Å². The molecule has 16 heteroatoms. The lowest BCUT2D eigenvalue weighted by Gasteiger charge is -2.29. The number of amides is 2. The summed E-state index contributed by atoms with van der Waals surface area (Å²) in [6.45, 7) is 1.56. The highest BCUT2D eigenvalue weighted by atomic mass is 35.5. The zero-order valence-corrected chi connectivity index (χ0v) is 27.3. The number of anilines is 2. The number of carbonyl (C=O) groups is 3. The summed E-state index contributed by atoms with van der Waals surface area (Å²) in [5.41, 5.74) is 1.24. The molecule has 0 radical (unpaired) electrons. The highest BCUT2D eigenvalue weighted by Crippen LogP contribution is 2.45. The van der Waals surface area contributed by atoms with Crippen molar-refractivity contribution in [3.05, 3.63) is 83.0 Å². The summed E-state index contributed by atoms with van der Waals surface area (Å²) in [6.07, 6.45) is 6.45. The lowest BCUT2D eigenvalue weighted by atomic mass is 9.91. The Morgan fingerprint density at radius 3 is 2.38 bits per heavy atom. The third kappa shape index (κ3) is 6.09. The molecule has 4 heterocycles. The molecule has 47 heavy (non-hydrogen) atoms. The van der Waals surface area contributed by atoms with Gasteiger partial charge in [0.1, 0.15) is 17.9 Å². The van der Waals surface area contributed by atoms with Gasteiger partial charge in [0.15, 0.2) is 5.03 Å². The normalized spacial score (nSPS) is 19.6. The van der Waals surface area contributed by atoms with E-state index in [1.54, 1.807) is 31.5 Å². The molecule has 1 saturated heterocycles. The van der Waals surface area contributed by atoms with Crippen LogP contribution < -0.4 is 10.2 Å². The molecule has 2 atom stereocenters. The van der Waals surface area contributed by atoms with E-state index in [9.17, 15) is 22.8 Å². The van der Waals surface area contributed by atoms with E-state index in [-0.39, 0.29) is 53.4 Å². The van der Waals surface area contributed by atoms with Crippen LogP contribution in [0.1, 0.15) is 31.7 Å². The van der Waals surface area contributed by atoms with Gasteiger partial charge in [-0.05, 0) is 49.1 Å². The highest BCUT2D eigenvalue weighted by molar-refractivity contribution is 7.89. The molecular formula is C31H29Cl2N7O6S. The van der Waals surface area contributed by atoms with Crippen molar-refractivity contribution in [2.24, 2.45) is 0 Å². The van der Waals surface area contributed by atoms with Crippen molar-refractivity contribution in [2.45, 2.75) is 49.2 Å². The first-order valence-corrected chi connectivity index (χ1v) is 16.8. The van der Waals surface area contributed by atoms with Gasteiger partial charge in [0.25, 0.3) is 15.9 Å². The number of nitrogens with zero attached hydrogens (tertiary/aromatic N) is 6. The fraction of sp³-hybridized carbons (Fsp3) is 0.290. The highest BCUT2D eigenvalue weighted by Gasteiger charge is 2.53. The molecule has 0 saturated carbocycles. The Labute approximate surface area is 280 Å². The van der Waals surface area contributed by atoms with Crippen molar-refractivity contribution in [3.63, 3.8) is 0 Å². The SMILES string of the molecule is CC1(Cc2ccc(-c3cncnc3)cc2)C(=O)N(c2cc(Cl)cc(Cl)c2)c2ncc(S(=O)(=O)N3CCCC3C(=O)NCCC(=O)O)n21. The average molecular weight is 699 g/mol. The van der Waals surface area contributed by atoms with Gasteiger partial charge in [-0.25, -0.2) is 28.3 Å². The quantitative estimate of drug-likeness (QED) is 0.249. The Bertz CT molecular complexity index is 1950. The zero-order chi connectivity index (χ0) is 33.5. The Morgan fingerprint density at radius 2 is 1.72 bits per heavy atom. The van der Waals surface area contributed by atoms with Crippen molar-refractivity contribution in [1.82, 2.24) is 29.1 Å². The predicted molar refractivity (Wildman–Crippen MR) is 173 cm³/mol. The summed E-state index contributed by atoms with van der Waals surface area (Å²) in [7, 11) is -4.40. The molecule has 2 unspecified atom stereocenters. The number of aromatic nitrogens is 4. The number of hydrogen-bond acceptors (Lipinski definition) is 8. The maximum Gasteiger partial charge on any atom is 0.305 e. The predicted octanol–water partition coefficient (Wildman–Crippen LogP) is 4.03. The topological polar surface area (TPSA) is 168 Å². The van der Waals surface area contributed by atoms with E-state index in [1.165, 1.54) is 28.1 Å². The van der Waals surface area contributed by atoms with Gasteiger partial charge in [0.05, 0.1) is 18.3 Å². The van der Waals surface area contributed by atoms with E-state index < -0.39 is 39.4 Å². The van der Waals surface area contributed by atoms with Gasteiger partial charge in [-0.1, -0.05) is 47.5 Å². The molecule has 0 bridgehead atoms. The number of nitrogens with one attached hydrogen (secondary N) is 1. The van der Waals surface area contributed by atoms with Crippen LogP contribution in [0, 0.1) is 0 Å². The first-order chi connectivity index (χ1) is 22.4. The Morgan fingerprint density at radius 1 is 1.04 bits per heavy atom. The van der Waals surface area contributed by atoms with E-state index in [0.717, 1.165) is 21.0 Å².